The molecule has 0 aliphatic heterocycles. The van der Waals surface area contributed by atoms with Gasteiger partial charge in [-0.25, -0.2) is 4.79 Å². The molecule has 0 radical (unpaired) electrons. The Morgan fingerprint density at radius 2 is 1.67 bits per heavy atom. The number of amides is 2. The lowest BCUT2D eigenvalue weighted by molar-refractivity contribution is -0.137. The number of hydrogen-bond donors (Lipinski definition) is 2. The monoisotopic (exact) mass is 292 g/mol. The largest absolute Gasteiger partial charge is 0.481 e. The fourth-order valence-electron chi connectivity index (χ4n) is 1.91. The maximum atomic E-state index is 11.9. The van der Waals surface area contributed by atoms with E-state index in [0.29, 0.717) is 5.92 Å². The van der Waals surface area contributed by atoms with Crippen LogP contribution >= 0.6 is 0 Å². The standard InChI is InChI=1S/C16H24N2O3/c1-11(2)13-5-7-14(8-6-13)12(3)17-16(21)18(4)10-9-15(19)20/h5-8,11-12H,9-10H2,1-4H3,(H,17,21)(H,19,20). The van der Waals surface area contributed by atoms with Crippen molar-refractivity contribution >= 4 is 12.0 Å². The van der Waals surface area contributed by atoms with Crippen molar-refractivity contribution in [1.82, 2.24) is 10.2 Å². The van der Waals surface area contributed by atoms with Gasteiger partial charge in [0.1, 0.15) is 0 Å². The van der Waals surface area contributed by atoms with Crippen LogP contribution in [0.5, 0.6) is 0 Å². The summed E-state index contributed by atoms with van der Waals surface area (Å²) in [6.07, 6.45) is -0.0542. The first-order valence-corrected chi connectivity index (χ1v) is 7.14. The molecule has 0 spiro atoms. The van der Waals surface area contributed by atoms with Gasteiger partial charge in [0.2, 0.25) is 0 Å². The number of rotatable bonds is 6. The first kappa shape index (κ1) is 17.0. The van der Waals surface area contributed by atoms with Gasteiger partial charge in [-0.05, 0) is 24.0 Å². The summed E-state index contributed by atoms with van der Waals surface area (Å²) in [5.74, 6) is -0.432. The Labute approximate surface area is 126 Å². The molecule has 5 nitrogen and oxygen atoms in total. The lowest BCUT2D eigenvalue weighted by Gasteiger charge is -2.21. The third kappa shape index (κ3) is 5.45. The van der Waals surface area contributed by atoms with Gasteiger partial charge in [-0.15, -0.1) is 0 Å². The van der Waals surface area contributed by atoms with Crippen LogP contribution in [0.4, 0.5) is 4.79 Å². The van der Waals surface area contributed by atoms with E-state index in [-0.39, 0.29) is 25.0 Å². The smallest absolute Gasteiger partial charge is 0.317 e. The Morgan fingerprint density at radius 3 is 2.14 bits per heavy atom. The van der Waals surface area contributed by atoms with Crippen molar-refractivity contribution < 1.29 is 14.7 Å². The minimum Gasteiger partial charge on any atom is -0.481 e. The molecule has 2 amide bonds. The highest BCUT2D eigenvalue weighted by molar-refractivity contribution is 5.75. The number of benzene rings is 1. The minimum absolute atomic E-state index is 0.0542. The molecule has 1 aromatic rings. The second-order valence-electron chi connectivity index (χ2n) is 5.56. The van der Waals surface area contributed by atoms with E-state index in [4.69, 9.17) is 5.11 Å². The molecule has 0 fully saturated rings. The first-order valence-electron chi connectivity index (χ1n) is 7.14. The Kier molecular flexibility index (Phi) is 6.21. The number of carboxylic acid groups (broad SMARTS) is 1. The minimum atomic E-state index is -0.910. The first-order chi connectivity index (χ1) is 9.81. The number of urea groups is 1. The number of carbonyl (C=O) groups is 2. The Morgan fingerprint density at radius 1 is 1.14 bits per heavy atom. The second kappa shape index (κ2) is 7.67. The normalized spacial score (nSPS) is 12.0. The number of nitrogens with zero attached hydrogens (tertiary/aromatic N) is 1. The average Bonchev–Trinajstić information content (AvgIpc) is 2.44. The van der Waals surface area contributed by atoms with Gasteiger partial charge in [-0.3, -0.25) is 4.79 Å². The zero-order valence-corrected chi connectivity index (χ0v) is 13.1. The van der Waals surface area contributed by atoms with Crippen molar-refractivity contribution in [3.05, 3.63) is 35.4 Å². The third-order valence-corrected chi connectivity index (χ3v) is 3.45. The molecule has 2 N–H and O–H groups in total. The number of nitrogens with one attached hydrogen (secondary N) is 1. The quantitative estimate of drug-likeness (QED) is 0.847. The van der Waals surface area contributed by atoms with Gasteiger partial charge in [-0.2, -0.15) is 0 Å². The molecule has 5 heteroatoms. The van der Waals surface area contributed by atoms with Crippen LogP contribution in [-0.4, -0.2) is 35.6 Å². The molecular formula is C16H24N2O3. The fraction of sp³-hybridized carbons (Fsp3) is 0.500. The molecule has 0 aliphatic rings. The second-order valence-corrected chi connectivity index (χ2v) is 5.56. The lowest BCUT2D eigenvalue weighted by Crippen LogP contribution is -2.39. The zero-order chi connectivity index (χ0) is 16.0. The fourth-order valence-corrected chi connectivity index (χ4v) is 1.91. The highest BCUT2D eigenvalue weighted by atomic mass is 16.4. The Balaban J connectivity index is 2.57. The van der Waals surface area contributed by atoms with Gasteiger partial charge in [0, 0.05) is 13.6 Å². The van der Waals surface area contributed by atoms with Crippen molar-refractivity contribution in [1.29, 1.82) is 0 Å². The van der Waals surface area contributed by atoms with E-state index in [9.17, 15) is 9.59 Å². The van der Waals surface area contributed by atoms with Crippen LogP contribution in [0.1, 0.15) is 50.3 Å². The van der Waals surface area contributed by atoms with Gasteiger partial charge in [0.05, 0.1) is 12.5 Å². The average molecular weight is 292 g/mol. The summed E-state index contributed by atoms with van der Waals surface area (Å²) in [5, 5.41) is 11.5. The number of carbonyl (C=O) groups excluding carboxylic acids is 1. The molecule has 0 saturated carbocycles. The molecule has 1 aromatic carbocycles. The molecular weight excluding hydrogens is 268 g/mol. The Hall–Kier alpha value is -2.04. The van der Waals surface area contributed by atoms with Crippen molar-refractivity contribution in [3.8, 4) is 0 Å². The van der Waals surface area contributed by atoms with E-state index in [0.717, 1.165) is 5.56 Å². The van der Waals surface area contributed by atoms with E-state index < -0.39 is 5.97 Å². The van der Waals surface area contributed by atoms with E-state index in [2.05, 4.69) is 31.3 Å². The third-order valence-electron chi connectivity index (χ3n) is 3.45. The van der Waals surface area contributed by atoms with Crippen LogP contribution in [-0.2, 0) is 4.79 Å². The molecule has 1 rings (SSSR count). The van der Waals surface area contributed by atoms with E-state index >= 15 is 0 Å². The van der Waals surface area contributed by atoms with Crippen molar-refractivity contribution in [2.45, 2.75) is 39.2 Å². The summed E-state index contributed by atoms with van der Waals surface area (Å²) in [7, 11) is 1.59. The van der Waals surface area contributed by atoms with E-state index in [1.807, 2.05) is 19.1 Å². The molecule has 1 unspecified atom stereocenters. The highest BCUT2D eigenvalue weighted by Gasteiger charge is 2.14. The maximum Gasteiger partial charge on any atom is 0.317 e. The summed E-state index contributed by atoms with van der Waals surface area (Å²) in [5.41, 5.74) is 2.29. The molecule has 116 valence electrons. The summed E-state index contributed by atoms with van der Waals surface area (Å²) in [4.78, 5) is 23.8. The topological polar surface area (TPSA) is 69.6 Å². The predicted octanol–water partition coefficient (Wildman–Crippen LogP) is 2.99. The van der Waals surface area contributed by atoms with Crippen molar-refractivity contribution in [2.75, 3.05) is 13.6 Å². The maximum absolute atomic E-state index is 11.9. The molecule has 0 aromatic heterocycles. The summed E-state index contributed by atoms with van der Waals surface area (Å²) < 4.78 is 0. The van der Waals surface area contributed by atoms with Crippen molar-refractivity contribution in [3.63, 3.8) is 0 Å². The van der Waals surface area contributed by atoms with Crippen LogP contribution in [0.3, 0.4) is 0 Å². The van der Waals surface area contributed by atoms with Gasteiger partial charge in [0.25, 0.3) is 0 Å². The van der Waals surface area contributed by atoms with Crippen LogP contribution in [0.15, 0.2) is 24.3 Å². The van der Waals surface area contributed by atoms with Crippen LogP contribution in [0.2, 0.25) is 0 Å². The molecule has 0 heterocycles. The zero-order valence-electron chi connectivity index (χ0n) is 13.1. The van der Waals surface area contributed by atoms with Crippen molar-refractivity contribution in [2.24, 2.45) is 0 Å². The predicted molar refractivity (Wildman–Crippen MR) is 82.4 cm³/mol. The summed E-state index contributed by atoms with van der Waals surface area (Å²) in [6.45, 7) is 6.38. The highest BCUT2D eigenvalue weighted by Crippen LogP contribution is 2.18. The summed E-state index contributed by atoms with van der Waals surface area (Å²) >= 11 is 0. The number of hydrogen-bond acceptors (Lipinski definition) is 2. The number of carboxylic acids is 1. The number of aliphatic carboxylic acids is 1. The van der Waals surface area contributed by atoms with Crippen LogP contribution in [0.25, 0.3) is 0 Å². The van der Waals surface area contributed by atoms with Gasteiger partial charge in [-0.1, -0.05) is 38.1 Å². The molecule has 0 bridgehead atoms. The molecule has 21 heavy (non-hydrogen) atoms. The Bertz CT molecular complexity index is 483. The molecule has 1 atom stereocenters. The molecule has 0 saturated heterocycles. The van der Waals surface area contributed by atoms with Gasteiger partial charge < -0.3 is 15.3 Å². The molecule has 0 aliphatic carbocycles. The lowest BCUT2D eigenvalue weighted by atomic mass is 10.00. The SMILES string of the molecule is CC(C)c1ccc(C(C)NC(=O)N(C)CCC(=O)O)cc1. The van der Waals surface area contributed by atoms with Crippen LogP contribution < -0.4 is 5.32 Å². The van der Waals surface area contributed by atoms with Gasteiger partial charge in [0.15, 0.2) is 0 Å². The summed E-state index contributed by atoms with van der Waals surface area (Å²) in [6, 6.07) is 7.77. The van der Waals surface area contributed by atoms with Crippen LogP contribution in [0, 0.1) is 0 Å². The van der Waals surface area contributed by atoms with Gasteiger partial charge >= 0.3 is 12.0 Å². The van der Waals surface area contributed by atoms with E-state index in [1.54, 1.807) is 7.05 Å². The van der Waals surface area contributed by atoms with E-state index in [1.165, 1.54) is 10.5 Å².